The van der Waals surface area contributed by atoms with E-state index in [9.17, 15) is 14.9 Å². The number of amides is 1. The molecule has 1 unspecified atom stereocenters. The smallest absolute Gasteiger partial charge is 0.293 e. The van der Waals surface area contributed by atoms with Crippen LogP contribution < -0.4 is 5.32 Å². The van der Waals surface area contributed by atoms with Crippen LogP contribution >= 0.6 is 0 Å². The minimum Gasteiger partial charge on any atom is -0.343 e. The summed E-state index contributed by atoms with van der Waals surface area (Å²) in [5, 5.41) is 25.8. The van der Waals surface area contributed by atoms with Crippen LogP contribution in [0.3, 0.4) is 0 Å². The Morgan fingerprint density at radius 2 is 2.32 bits per heavy atom. The third-order valence-electron chi connectivity index (χ3n) is 2.48. The van der Waals surface area contributed by atoms with Gasteiger partial charge < -0.3 is 5.32 Å². The largest absolute Gasteiger partial charge is 0.343 e. The molecule has 0 bridgehead atoms. The van der Waals surface area contributed by atoms with E-state index in [-0.39, 0.29) is 11.5 Å². The molecule has 2 N–H and O–H groups in total. The van der Waals surface area contributed by atoms with Crippen molar-refractivity contribution >= 4 is 11.6 Å². The fourth-order valence-corrected chi connectivity index (χ4v) is 1.51. The zero-order chi connectivity index (χ0) is 13.8. The van der Waals surface area contributed by atoms with Gasteiger partial charge in [0, 0.05) is 12.1 Å². The van der Waals surface area contributed by atoms with Gasteiger partial charge in [0.05, 0.1) is 11.0 Å². The molecule has 0 aliphatic carbocycles. The lowest BCUT2D eigenvalue weighted by Gasteiger charge is -2.12. The van der Waals surface area contributed by atoms with E-state index in [0.29, 0.717) is 5.56 Å². The number of hydrogen-bond acceptors (Lipinski definition) is 6. The Balaban J connectivity index is 2.11. The maximum Gasteiger partial charge on any atom is 0.293 e. The van der Waals surface area contributed by atoms with E-state index in [1.165, 1.54) is 12.1 Å². The number of nitrogens with one attached hydrogen (secondary N) is 2. The maximum atomic E-state index is 11.7. The van der Waals surface area contributed by atoms with Crippen molar-refractivity contribution in [2.24, 2.45) is 0 Å². The lowest BCUT2D eigenvalue weighted by Crippen LogP contribution is -2.27. The van der Waals surface area contributed by atoms with Crippen molar-refractivity contribution in [3.8, 4) is 0 Å². The van der Waals surface area contributed by atoms with Crippen LogP contribution in [0.25, 0.3) is 0 Å². The Morgan fingerprint density at radius 3 is 2.95 bits per heavy atom. The summed E-state index contributed by atoms with van der Waals surface area (Å²) in [6.45, 7) is 1.71. The Hall–Kier alpha value is -2.84. The Bertz CT molecular complexity index is 597. The topological polar surface area (TPSA) is 127 Å². The van der Waals surface area contributed by atoms with Gasteiger partial charge in [-0.1, -0.05) is 12.1 Å². The van der Waals surface area contributed by atoms with E-state index in [1.807, 2.05) is 0 Å². The van der Waals surface area contributed by atoms with Crippen LogP contribution in [0.4, 0.5) is 5.69 Å². The highest BCUT2D eigenvalue weighted by Crippen LogP contribution is 2.18. The summed E-state index contributed by atoms with van der Waals surface area (Å²) in [5.74, 6) is -0.593. The number of nitrogens with zero attached hydrogens (tertiary/aromatic N) is 4. The first kappa shape index (κ1) is 12.6. The molecule has 0 saturated heterocycles. The van der Waals surface area contributed by atoms with E-state index < -0.39 is 16.9 Å². The number of carbonyl (C=O) groups is 1. The fraction of sp³-hybridized carbons (Fsp3) is 0.200. The fourth-order valence-electron chi connectivity index (χ4n) is 1.51. The highest BCUT2D eigenvalue weighted by atomic mass is 16.6. The predicted octanol–water partition coefficient (Wildman–Crippen LogP) is 0.599. The van der Waals surface area contributed by atoms with Gasteiger partial charge in [0.25, 0.3) is 17.4 Å². The summed E-state index contributed by atoms with van der Waals surface area (Å²) in [5.41, 5.74) is 0.587. The number of aromatic amines is 1. The van der Waals surface area contributed by atoms with Gasteiger partial charge in [0.1, 0.15) is 0 Å². The Labute approximate surface area is 107 Å². The molecule has 0 fully saturated rings. The lowest BCUT2D eigenvalue weighted by molar-refractivity contribution is -0.384. The van der Waals surface area contributed by atoms with E-state index in [0.717, 1.165) is 0 Å². The quantitative estimate of drug-likeness (QED) is 0.613. The summed E-state index contributed by atoms with van der Waals surface area (Å²) in [6, 6.07) is 5.63. The monoisotopic (exact) mass is 262 g/mol. The van der Waals surface area contributed by atoms with Crippen LogP contribution in [0.15, 0.2) is 24.3 Å². The average Bonchev–Trinajstić information content (AvgIpc) is 2.92. The number of hydrogen-bond donors (Lipinski definition) is 2. The molecule has 98 valence electrons. The van der Waals surface area contributed by atoms with E-state index >= 15 is 0 Å². The van der Waals surface area contributed by atoms with Crippen molar-refractivity contribution in [1.29, 1.82) is 0 Å². The van der Waals surface area contributed by atoms with Crippen LogP contribution in [0.2, 0.25) is 0 Å². The van der Waals surface area contributed by atoms with Crippen molar-refractivity contribution in [3.63, 3.8) is 0 Å². The number of nitro benzene ring substituents is 1. The van der Waals surface area contributed by atoms with E-state index in [4.69, 9.17) is 0 Å². The summed E-state index contributed by atoms with van der Waals surface area (Å²) in [6.07, 6.45) is 0. The number of tetrazole rings is 1. The molecule has 19 heavy (non-hydrogen) atoms. The summed E-state index contributed by atoms with van der Waals surface area (Å²) < 4.78 is 0. The first-order chi connectivity index (χ1) is 9.08. The van der Waals surface area contributed by atoms with Gasteiger partial charge in [0.2, 0.25) is 0 Å². The average molecular weight is 262 g/mol. The third-order valence-corrected chi connectivity index (χ3v) is 2.48. The number of nitro groups is 1. The summed E-state index contributed by atoms with van der Waals surface area (Å²) in [7, 11) is 0. The molecule has 1 amide bonds. The van der Waals surface area contributed by atoms with Crippen molar-refractivity contribution < 1.29 is 9.72 Å². The molecule has 1 aromatic carbocycles. The third kappa shape index (κ3) is 2.89. The number of non-ortho nitro benzene ring substituents is 1. The molecule has 0 spiro atoms. The molecular weight excluding hydrogens is 252 g/mol. The van der Waals surface area contributed by atoms with Crippen LogP contribution in [-0.2, 0) is 0 Å². The van der Waals surface area contributed by atoms with Gasteiger partial charge >= 0.3 is 0 Å². The molecule has 0 radical (unpaired) electrons. The highest BCUT2D eigenvalue weighted by molar-refractivity contribution is 5.90. The van der Waals surface area contributed by atoms with Gasteiger partial charge in [-0.3, -0.25) is 14.9 Å². The molecular formula is C10H10N6O3. The van der Waals surface area contributed by atoms with Crippen molar-refractivity contribution in [1.82, 2.24) is 25.9 Å². The van der Waals surface area contributed by atoms with Gasteiger partial charge in [-0.15, -0.1) is 10.2 Å². The number of H-pyrrole nitrogens is 1. The second-order valence-corrected chi connectivity index (χ2v) is 3.78. The minimum atomic E-state index is -0.507. The summed E-state index contributed by atoms with van der Waals surface area (Å²) >= 11 is 0. The molecule has 9 nitrogen and oxygen atoms in total. The minimum absolute atomic E-state index is 0.0295. The van der Waals surface area contributed by atoms with Crippen molar-refractivity contribution in [2.45, 2.75) is 13.0 Å². The van der Waals surface area contributed by atoms with Gasteiger partial charge in [0.15, 0.2) is 0 Å². The molecule has 1 atom stereocenters. The number of carbonyl (C=O) groups excluding carboxylic acids is 1. The highest BCUT2D eigenvalue weighted by Gasteiger charge is 2.16. The van der Waals surface area contributed by atoms with Crippen LogP contribution in [-0.4, -0.2) is 31.5 Å². The molecule has 0 aliphatic heterocycles. The Kier molecular flexibility index (Phi) is 3.46. The van der Waals surface area contributed by atoms with E-state index in [2.05, 4.69) is 25.9 Å². The van der Waals surface area contributed by atoms with Gasteiger partial charge in [-0.05, 0) is 17.7 Å². The lowest BCUT2D eigenvalue weighted by atomic mass is 10.1. The van der Waals surface area contributed by atoms with Crippen LogP contribution in [0.1, 0.15) is 29.1 Å². The van der Waals surface area contributed by atoms with Crippen LogP contribution in [0.5, 0.6) is 0 Å². The first-order valence-electron chi connectivity index (χ1n) is 5.36. The number of aromatic nitrogens is 4. The SMILES string of the molecule is CC(NC(=O)c1nn[nH]n1)c1cccc([N+](=O)[O-])c1. The molecule has 0 aliphatic rings. The second kappa shape index (κ2) is 5.21. The molecule has 1 heterocycles. The molecule has 0 saturated carbocycles. The maximum absolute atomic E-state index is 11.7. The molecule has 2 rings (SSSR count). The first-order valence-corrected chi connectivity index (χ1v) is 5.36. The molecule has 1 aromatic heterocycles. The van der Waals surface area contributed by atoms with Gasteiger partial charge in [-0.25, -0.2) is 0 Å². The van der Waals surface area contributed by atoms with Crippen molar-refractivity contribution in [3.05, 3.63) is 45.8 Å². The normalized spacial score (nSPS) is 11.8. The molecule has 2 aromatic rings. The van der Waals surface area contributed by atoms with Gasteiger partial charge in [-0.2, -0.15) is 5.21 Å². The zero-order valence-electron chi connectivity index (χ0n) is 9.90. The zero-order valence-corrected chi connectivity index (χ0v) is 9.90. The van der Waals surface area contributed by atoms with Crippen LogP contribution in [0, 0.1) is 10.1 Å². The number of rotatable bonds is 4. The summed E-state index contributed by atoms with van der Waals surface area (Å²) in [4.78, 5) is 21.9. The predicted molar refractivity (Wildman–Crippen MR) is 63.2 cm³/mol. The molecule has 9 heteroatoms. The standard InChI is InChI=1S/C10H10N6O3/c1-6(11-10(17)9-12-14-15-13-9)7-3-2-4-8(5-7)16(18)19/h2-6H,1H3,(H,11,17)(H,12,13,14,15). The Morgan fingerprint density at radius 1 is 1.53 bits per heavy atom. The second-order valence-electron chi connectivity index (χ2n) is 3.78. The van der Waals surface area contributed by atoms with Crippen molar-refractivity contribution in [2.75, 3.05) is 0 Å². The number of benzene rings is 1. The van der Waals surface area contributed by atoms with E-state index in [1.54, 1.807) is 19.1 Å².